The highest BCUT2D eigenvalue weighted by atomic mass is 79.9. The molecular formula is C21H14BrClF2N6. The lowest BCUT2D eigenvalue weighted by Gasteiger charge is -2.16. The second-order valence-electron chi connectivity index (χ2n) is 7.10. The number of nitrogens with zero attached hydrogens (tertiary/aromatic N) is 6. The number of fused-ring (bicyclic) bond motifs is 3. The van der Waals surface area contributed by atoms with Crippen LogP contribution in [-0.2, 0) is 7.05 Å². The predicted molar refractivity (Wildman–Crippen MR) is 117 cm³/mol. The largest absolute Gasteiger partial charge is 0.275 e. The smallest absolute Gasteiger partial charge is 0.189 e. The van der Waals surface area contributed by atoms with Crippen molar-refractivity contribution in [2.75, 3.05) is 0 Å². The minimum atomic E-state index is -0.716. The molecule has 0 spiro atoms. The SMILES string of the molecule is C[C@@H]1N=C(c2c(F)cccc2F)c2c(ccc(Cl)c2Br)-n2c(-c3ccn(C)n3)nnc21. The van der Waals surface area contributed by atoms with Crippen molar-refractivity contribution >= 4 is 33.2 Å². The second kappa shape index (κ2) is 7.35. The van der Waals surface area contributed by atoms with Crippen LogP contribution in [0.2, 0.25) is 5.02 Å². The summed E-state index contributed by atoms with van der Waals surface area (Å²) in [4.78, 5) is 4.66. The van der Waals surface area contributed by atoms with Gasteiger partial charge in [-0.05, 0) is 53.2 Å². The van der Waals surface area contributed by atoms with E-state index in [0.717, 1.165) is 0 Å². The highest BCUT2D eigenvalue weighted by Crippen LogP contribution is 2.39. The Labute approximate surface area is 189 Å². The molecule has 156 valence electrons. The van der Waals surface area contributed by atoms with E-state index in [2.05, 4.69) is 36.2 Å². The fourth-order valence-electron chi connectivity index (χ4n) is 3.69. The molecule has 0 saturated heterocycles. The van der Waals surface area contributed by atoms with Gasteiger partial charge in [0.25, 0.3) is 0 Å². The number of hydrogen-bond acceptors (Lipinski definition) is 4. The molecule has 0 amide bonds. The third-order valence-corrected chi connectivity index (χ3v) is 6.44. The molecular weight excluding hydrogens is 490 g/mol. The maximum atomic E-state index is 14.8. The van der Waals surface area contributed by atoms with Gasteiger partial charge in [-0.3, -0.25) is 14.2 Å². The molecule has 0 bridgehead atoms. The zero-order chi connectivity index (χ0) is 21.9. The third kappa shape index (κ3) is 3.11. The fourth-order valence-corrected chi connectivity index (χ4v) is 4.37. The minimum absolute atomic E-state index is 0.143. The van der Waals surface area contributed by atoms with Crippen LogP contribution in [0.4, 0.5) is 8.78 Å². The van der Waals surface area contributed by atoms with Gasteiger partial charge in [0.15, 0.2) is 11.6 Å². The van der Waals surface area contributed by atoms with Crippen molar-refractivity contribution in [3.05, 3.63) is 80.7 Å². The van der Waals surface area contributed by atoms with Gasteiger partial charge in [0.2, 0.25) is 0 Å². The number of benzene rings is 2. The lowest BCUT2D eigenvalue weighted by atomic mass is 9.99. The summed E-state index contributed by atoms with van der Waals surface area (Å²) in [7, 11) is 1.80. The Balaban J connectivity index is 1.87. The zero-order valence-electron chi connectivity index (χ0n) is 16.3. The van der Waals surface area contributed by atoms with Gasteiger partial charge in [0.05, 0.1) is 22.0 Å². The van der Waals surface area contributed by atoms with Gasteiger partial charge in [0, 0.05) is 23.3 Å². The number of aliphatic imine (C=N–C) groups is 1. The number of hydrogen-bond donors (Lipinski definition) is 0. The Morgan fingerprint density at radius 1 is 1.03 bits per heavy atom. The molecule has 4 aromatic rings. The first-order valence-corrected chi connectivity index (χ1v) is 10.5. The van der Waals surface area contributed by atoms with Crippen molar-refractivity contribution in [2.24, 2.45) is 12.0 Å². The van der Waals surface area contributed by atoms with Gasteiger partial charge in [0.1, 0.15) is 23.4 Å². The van der Waals surface area contributed by atoms with Crippen molar-refractivity contribution in [3.63, 3.8) is 0 Å². The van der Waals surface area contributed by atoms with E-state index in [0.29, 0.717) is 38.1 Å². The molecule has 6 nitrogen and oxygen atoms in total. The average Bonchev–Trinajstić information content (AvgIpc) is 3.32. The molecule has 0 unspecified atom stereocenters. The Kier molecular flexibility index (Phi) is 4.75. The summed E-state index contributed by atoms with van der Waals surface area (Å²) < 4.78 is 33.5. The molecule has 0 radical (unpaired) electrons. The Morgan fingerprint density at radius 2 is 1.77 bits per heavy atom. The molecule has 10 heteroatoms. The summed E-state index contributed by atoms with van der Waals surface area (Å²) in [6, 6.07) is 8.45. The average molecular weight is 504 g/mol. The van der Waals surface area contributed by atoms with Crippen molar-refractivity contribution in [3.8, 4) is 17.2 Å². The lowest BCUT2D eigenvalue weighted by molar-refractivity contribution is 0.578. The van der Waals surface area contributed by atoms with E-state index >= 15 is 0 Å². The quantitative estimate of drug-likeness (QED) is 0.374. The number of rotatable bonds is 2. The number of aromatic nitrogens is 5. The molecule has 0 aliphatic carbocycles. The molecule has 2 aromatic heterocycles. The monoisotopic (exact) mass is 502 g/mol. The van der Waals surface area contributed by atoms with Crippen molar-refractivity contribution in [1.29, 1.82) is 0 Å². The first kappa shape index (κ1) is 20.0. The van der Waals surface area contributed by atoms with E-state index in [1.165, 1.54) is 18.2 Å². The van der Waals surface area contributed by atoms with Crippen LogP contribution in [0.1, 0.15) is 29.9 Å². The molecule has 3 heterocycles. The predicted octanol–water partition coefficient (Wildman–Crippen LogP) is 5.27. The van der Waals surface area contributed by atoms with Gasteiger partial charge in [-0.15, -0.1) is 10.2 Å². The van der Waals surface area contributed by atoms with E-state index in [-0.39, 0.29) is 11.3 Å². The third-order valence-electron chi connectivity index (χ3n) is 5.08. The second-order valence-corrected chi connectivity index (χ2v) is 8.30. The summed E-state index contributed by atoms with van der Waals surface area (Å²) >= 11 is 9.88. The Morgan fingerprint density at radius 3 is 2.45 bits per heavy atom. The molecule has 0 fully saturated rings. The van der Waals surface area contributed by atoms with Crippen LogP contribution in [0, 0.1) is 11.6 Å². The number of aryl methyl sites for hydroxylation is 1. The maximum absolute atomic E-state index is 14.8. The summed E-state index contributed by atoms with van der Waals surface area (Å²) in [5.74, 6) is -0.427. The molecule has 1 atom stereocenters. The summed E-state index contributed by atoms with van der Waals surface area (Å²) in [5.41, 5.74) is 1.55. The van der Waals surface area contributed by atoms with Crippen molar-refractivity contribution in [1.82, 2.24) is 24.5 Å². The summed E-state index contributed by atoms with van der Waals surface area (Å²) in [6.45, 7) is 1.79. The van der Waals surface area contributed by atoms with Gasteiger partial charge >= 0.3 is 0 Å². The fraction of sp³-hybridized carbons (Fsp3) is 0.143. The molecule has 1 aliphatic rings. The van der Waals surface area contributed by atoms with Gasteiger partial charge in [-0.25, -0.2) is 8.78 Å². The van der Waals surface area contributed by atoms with E-state index < -0.39 is 17.7 Å². The van der Waals surface area contributed by atoms with Gasteiger partial charge in [-0.1, -0.05) is 17.7 Å². The Bertz CT molecular complexity index is 1360. The first-order valence-electron chi connectivity index (χ1n) is 9.33. The molecule has 5 rings (SSSR count). The van der Waals surface area contributed by atoms with E-state index in [4.69, 9.17) is 11.6 Å². The summed E-state index contributed by atoms with van der Waals surface area (Å²) in [6.07, 6.45) is 1.80. The van der Waals surface area contributed by atoms with E-state index in [9.17, 15) is 8.78 Å². The van der Waals surface area contributed by atoms with E-state index in [1.807, 2.05) is 6.07 Å². The van der Waals surface area contributed by atoms with E-state index in [1.54, 1.807) is 41.5 Å². The number of halogens is 4. The van der Waals surface area contributed by atoms with Gasteiger partial charge < -0.3 is 0 Å². The standard InChI is InChI=1S/C21H14BrClF2N6/c1-10-20-27-28-21(14-8-9-30(2)29-14)31(20)15-7-6-11(23)18(22)17(15)19(26-10)16-12(24)4-3-5-13(16)25/h3-10H,1-2H3/t10-/m0/s1. The van der Waals surface area contributed by atoms with Crippen LogP contribution < -0.4 is 0 Å². The van der Waals surface area contributed by atoms with Crippen LogP contribution in [0.3, 0.4) is 0 Å². The molecule has 1 aliphatic heterocycles. The molecule has 31 heavy (non-hydrogen) atoms. The highest BCUT2D eigenvalue weighted by molar-refractivity contribution is 9.10. The van der Waals surface area contributed by atoms with Gasteiger partial charge in [-0.2, -0.15) is 5.10 Å². The minimum Gasteiger partial charge on any atom is -0.275 e. The van der Waals surface area contributed by atoms with Crippen molar-refractivity contribution < 1.29 is 8.78 Å². The molecule has 2 aromatic carbocycles. The molecule has 0 saturated carbocycles. The zero-order valence-corrected chi connectivity index (χ0v) is 18.7. The van der Waals surface area contributed by atoms with Crippen LogP contribution in [0.15, 0.2) is 52.1 Å². The molecule has 0 N–H and O–H groups in total. The maximum Gasteiger partial charge on any atom is 0.189 e. The Hall–Kier alpha value is -2.91. The van der Waals surface area contributed by atoms with Crippen LogP contribution in [0.5, 0.6) is 0 Å². The summed E-state index contributed by atoms with van der Waals surface area (Å²) in [5, 5.41) is 13.5. The van der Waals surface area contributed by atoms with Crippen LogP contribution in [0.25, 0.3) is 17.2 Å². The first-order chi connectivity index (χ1) is 14.9. The van der Waals surface area contributed by atoms with Crippen molar-refractivity contribution in [2.45, 2.75) is 13.0 Å². The van der Waals surface area contributed by atoms with Crippen LogP contribution in [-0.4, -0.2) is 30.3 Å². The van der Waals surface area contributed by atoms with Crippen LogP contribution >= 0.6 is 27.5 Å². The highest BCUT2D eigenvalue weighted by Gasteiger charge is 2.32. The normalized spacial score (nSPS) is 15.3. The topological polar surface area (TPSA) is 60.9 Å². The lowest BCUT2D eigenvalue weighted by Crippen LogP contribution is -2.13.